The van der Waals surface area contributed by atoms with Crippen molar-refractivity contribution < 1.29 is 19.1 Å². The lowest BCUT2D eigenvalue weighted by Crippen LogP contribution is -2.00. The Labute approximate surface area is 201 Å². The molecule has 4 rings (SSSR count). The molecule has 9 nitrogen and oxygen atoms in total. The predicted molar refractivity (Wildman–Crippen MR) is 131 cm³/mol. The number of H-pyrrole nitrogens is 1. The molecule has 0 aliphatic rings. The van der Waals surface area contributed by atoms with Crippen molar-refractivity contribution in [1.29, 1.82) is 5.26 Å². The number of nitro groups is 1. The van der Waals surface area contributed by atoms with Gasteiger partial charge in [0.25, 0.3) is 5.69 Å². The first-order valence-corrected chi connectivity index (χ1v) is 10.8. The molecule has 1 N–H and O–H groups in total. The fourth-order valence-electron chi connectivity index (χ4n) is 3.49. The van der Waals surface area contributed by atoms with E-state index in [-0.39, 0.29) is 12.3 Å². The summed E-state index contributed by atoms with van der Waals surface area (Å²) in [5, 5.41) is 20.8. The van der Waals surface area contributed by atoms with Crippen molar-refractivity contribution in [3.05, 3.63) is 87.7 Å². The molecule has 0 saturated carbocycles. The van der Waals surface area contributed by atoms with Gasteiger partial charge in [-0.1, -0.05) is 18.2 Å². The van der Waals surface area contributed by atoms with Crippen LogP contribution in [0.3, 0.4) is 0 Å². The molecule has 176 valence electrons. The van der Waals surface area contributed by atoms with E-state index in [1.54, 1.807) is 43.5 Å². The van der Waals surface area contributed by atoms with Crippen LogP contribution in [0.15, 0.2) is 60.7 Å². The minimum Gasteiger partial charge on any atom is -0.497 e. The Kier molecular flexibility index (Phi) is 6.93. The van der Waals surface area contributed by atoms with Gasteiger partial charge in [-0.05, 0) is 48.4 Å². The number of nitrogens with one attached hydrogen (secondary N) is 1. The van der Waals surface area contributed by atoms with E-state index < -0.39 is 4.92 Å². The summed E-state index contributed by atoms with van der Waals surface area (Å²) in [6.45, 7) is 2.41. The maximum absolute atomic E-state index is 11.0. The summed E-state index contributed by atoms with van der Waals surface area (Å²) in [4.78, 5) is 18.2. The third-order valence-electron chi connectivity index (χ3n) is 5.16. The Bertz CT molecular complexity index is 1450. The van der Waals surface area contributed by atoms with Crippen LogP contribution < -0.4 is 14.2 Å². The van der Waals surface area contributed by atoms with E-state index in [0.717, 1.165) is 16.6 Å². The number of nitrogens with zero attached hydrogens (tertiary/aromatic N) is 3. The highest BCUT2D eigenvalue weighted by atomic mass is 16.6. The molecule has 0 amide bonds. The van der Waals surface area contributed by atoms with Gasteiger partial charge in [0.1, 0.15) is 24.3 Å². The number of allylic oxidation sites excluding steroid dienone is 1. The molecule has 0 atom stereocenters. The largest absolute Gasteiger partial charge is 0.497 e. The van der Waals surface area contributed by atoms with Crippen LogP contribution in [0.1, 0.15) is 23.9 Å². The van der Waals surface area contributed by atoms with Crippen LogP contribution >= 0.6 is 0 Å². The molecule has 9 heteroatoms. The van der Waals surface area contributed by atoms with Crippen LogP contribution in [0.25, 0.3) is 22.7 Å². The SMILES string of the molecule is CCOc1cc(/C=C(/C#N)c2nc3ccc(OC)cc3[nH]2)ccc1OCc1cccc([N+](=O)[O-])c1. The summed E-state index contributed by atoms with van der Waals surface area (Å²) in [6.07, 6.45) is 1.71. The van der Waals surface area contributed by atoms with E-state index in [4.69, 9.17) is 14.2 Å². The standard InChI is InChI=1S/C26H22N4O5/c1-3-34-25-13-17(7-10-24(25)35-16-18-5-4-6-20(12-18)30(31)32)11-19(15-27)26-28-22-9-8-21(33-2)14-23(22)29-26/h4-14H,3,16H2,1-2H3,(H,28,29)/b19-11-. The van der Waals surface area contributed by atoms with Crippen LogP contribution in [-0.4, -0.2) is 28.6 Å². The topological polar surface area (TPSA) is 123 Å². The van der Waals surface area contributed by atoms with Gasteiger partial charge in [-0.25, -0.2) is 4.98 Å². The molecule has 0 fully saturated rings. The normalized spacial score (nSPS) is 11.2. The molecular formula is C26H22N4O5. The van der Waals surface area contributed by atoms with Gasteiger partial charge in [-0.2, -0.15) is 5.26 Å². The average Bonchev–Trinajstić information content (AvgIpc) is 3.30. The Morgan fingerprint density at radius 2 is 2.00 bits per heavy atom. The van der Waals surface area contributed by atoms with Crippen molar-refractivity contribution in [3.63, 3.8) is 0 Å². The third-order valence-corrected chi connectivity index (χ3v) is 5.16. The lowest BCUT2D eigenvalue weighted by atomic mass is 10.1. The van der Waals surface area contributed by atoms with E-state index in [1.807, 2.05) is 25.1 Å². The molecule has 1 aromatic heterocycles. The van der Waals surface area contributed by atoms with Gasteiger partial charge >= 0.3 is 0 Å². The molecular weight excluding hydrogens is 448 g/mol. The Morgan fingerprint density at radius 3 is 2.74 bits per heavy atom. The zero-order chi connectivity index (χ0) is 24.8. The van der Waals surface area contributed by atoms with Crippen molar-refractivity contribution in [2.24, 2.45) is 0 Å². The second-order valence-electron chi connectivity index (χ2n) is 7.49. The van der Waals surface area contributed by atoms with Crippen LogP contribution in [0.5, 0.6) is 17.2 Å². The van der Waals surface area contributed by atoms with Crippen LogP contribution in [-0.2, 0) is 6.61 Å². The first-order chi connectivity index (χ1) is 17.0. The van der Waals surface area contributed by atoms with Crippen molar-refractivity contribution in [2.75, 3.05) is 13.7 Å². The van der Waals surface area contributed by atoms with Gasteiger partial charge in [0.05, 0.1) is 35.2 Å². The highest BCUT2D eigenvalue weighted by Gasteiger charge is 2.12. The number of rotatable bonds is 9. The molecule has 0 aliphatic carbocycles. The smallest absolute Gasteiger partial charge is 0.269 e. The van der Waals surface area contributed by atoms with Gasteiger partial charge in [-0.3, -0.25) is 10.1 Å². The lowest BCUT2D eigenvalue weighted by molar-refractivity contribution is -0.384. The summed E-state index contributed by atoms with van der Waals surface area (Å²) in [7, 11) is 1.59. The number of non-ortho nitro benzene ring substituents is 1. The number of nitriles is 1. The molecule has 1 heterocycles. The molecule has 0 saturated heterocycles. The Balaban J connectivity index is 1.59. The number of hydrogen-bond donors (Lipinski definition) is 1. The first-order valence-electron chi connectivity index (χ1n) is 10.8. The zero-order valence-corrected chi connectivity index (χ0v) is 19.1. The van der Waals surface area contributed by atoms with Crippen molar-refractivity contribution in [3.8, 4) is 23.3 Å². The summed E-state index contributed by atoms with van der Waals surface area (Å²) < 4.78 is 16.9. The Morgan fingerprint density at radius 1 is 1.14 bits per heavy atom. The molecule has 0 radical (unpaired) electrons. The summed E-state index contributed by atoms with van der Waals surface area (Å²) in [5.74, 6) is 2.13. The van der Waals surface area contributed by atoms with Gasteiger partial charge < -0.3 is 19.2 Å². The third kappa shape index (κ3) is 5.39. The second-order valence-corrected chi connectivity index (χ2v) is 7.49. The number of fused-ring (bicyclic) bond motifs is 1. The van der Waals surface area contributed by atoms with Gasteiger partial charge in [0.2, 0.25) is 0 Å². The second kappa shape index (κ2) is 10.4. The van der Waals surface area contributed by atoms with Crippen molar-refractivity contribution in [1.82, 2.24) is 9.97 Å². The average molecular weight is 470 g/mol. The van der Waals surface area contributed by atoms with E-state index in [9.17, 15) is 15.4 Å². The maximum Gasteiger partial charge on any atom is 0.269 e. The monoisotopic (exact) mass is 470 g/mol. The summed E-state index contributed by atoms with van der Waals surface area (Å²) in [6, 6.07) is 19.2. The van der Waals surface area contributed by atoms with E-state index >= 15 is 0 Å². The highest BCUT2D eigenvalue weighted by molar-refractivity contribution is 5.90. The first kappa shape index (κ1) is 23.3. The van der Waals surface area contributed by atoms with E-state index in [1.165, 1.54) is 12.1 Å². The molecule has 4 aromatic rings. The minimum absolute atomic E-state index is 0.00433. The van der Waals surface area contributed by atoms with E-state index in [0.29, 0.717) is 40.8 Å². The minimum atomic E-state index is -0.443. The number of aromatic amines is 1. The number of hydrogen-bond acceptors (Lipinski definition) is 7. The maximum atomic E-state index is 11.0. The lowest BCUT2D eigenvalue weighted by Gasteiger charge is -2.13. The van der Waals surface area contributed by atoms with Gasteiger partial charge in [0.15, 0.2) is 11.5 Å². The van der Waals surface area contributed by atoms with Gasteiger partial charge in [-0.15, -0.1) is 0 Å². The fourth-order valence-corrected chi connectivity index (χ4v) is 3.49. The number of ether oxygens (including phenoxy) is 3. The number of methoxy groups -OCH3 is 1. The molecule has 0 aliphatic heterocycles. The number of nitro benzene ring substituents is 1. The molecule has 0 spiro atoms. The quantitative estimate of drug-likeness (QED) is 0.194. The van der Waals surface area contributed by atoms with Crippen LogP contribution in [0.2, 0.25) is 0 Å². The molecule has 0 bridgehead atoms. The molecule has 0 unspecified atom stereocenters. The number of benzene rings is 3. The summed E-state index contributed by atoms with van der Waals surface area (Å²) in [5.41, 5.74) is 3.24. The zero-order valence-electron chi connectivity index (χ0n) is 19.1. The predicted octanol–water partition coefficient (Wildman–Crippen LogP) is 5.52. The fraction of sp³-hybridized carbons (Fsp3) is 0.154. The van der Waals surface area contributed by atoms with Crippen LogP contribution in [0.4, 0.5) is 5.69 Å². The Hall–Kier alpha value is -4.84. The number of imidazole rings is 1. The molecule has 35 heavy (non-hydrogen) atoms. The van der Waals surface area contributed by atoms with Crippen molar-refractivity contribution in [2.45, 2.75) is 13.5 Å². The summed E-state index contributed by atoms with van der Waals surface area (Å²) >= 11 is 0. The van der Waals surface area contributed by atoms with Gasteiger partial charge in [0, 0.05) is 18.2 Å². The number of aromatic nitrogens is 2. The highest BCUT2D eigenvalue weighted by Crippen LogP contribution is 2.31. The molecule has 3 aromatic carbocycles. The van der Waals surface area contributed by atoms with E-state index in [2.05, 4.69) is 16.0 Å². The van der Waals surface area contributed by atoms with Crippen molar-refractivity contribution >= 4 is 28.4 Å². The van der Waals surface area contributed by atoms with Crippen LogP contribution in [0, 0.1) is 21.4 Å².